The van der Waals surface area contributed by atoms with Crippen LogP contribution < -0.4 is 5.43 Å². The zero-order chi connectivity index (χ0) is 11.0. The van der Waals surface area contributed by atoms with E-state index in [2.05, 4.69) is 0 Å². The fourth-order valence-electron chi connectivity index (χ4n) is 1.74. The Morgan fingerprint density at radius 1 is 1.00 bits per heavy atom. The highest BCUT2D eigenvalue weighted by Gasteiger charge is 2.06. The van der Waals surface area contributed by atoms with E-state index in [0.717, 1.165) is 0 Å². The van der Waals surface area contributed by atoms with Crippen LogP contribution in [0.5, 0.6) is 0 Å². The number of rotatable bonds is 1. The molecule has 16 heavy (non-hydrogen) atoms. The van der Waals surface area contributed by atoms with Crippen LogP contribution in [0, 0.1) is 0 Å². The molecule has 0 spiro atoms. The second kappa shape index (κ2) is 3.38. The van der Waals surface area contributed by atoms with Gasteiger partial charge in [0, 0.05) is 12.4 Å². The molecule has 3 heteroatoms. The molecule has 1 aromatic carbocycles. The monoisotopic (exact) mass is 211 g/mol. The summed E-state index contributed by atoms with van der Waals surface area (Å²) in [5.74, 6) is 0. The quantitative estimate of drug-likeness (QED) is 0.620. The van der Waals surface area contributed by atoms with Crippen molar-refractivity contribution in [2.75, 3.05) is 0 Å². The van der Waals surface area contributed by atoms with Crippen LogP contribution in [-0.4, -0.2) is 4.57 Å². The number of hydrogen-bond donors (Lipinski definition) is 0. The molecular weight excluding hydrogens is 202 g/mol. The fourth-order valence-corrected chi connectivity index (χ4v) is 1.74. The van der Waals surface area contributed by atoms with E-state index in [9.17, 15) is 4.79 Å². The Balaban J connectivity index is 2.37. The van der Waals surface area contributed by atoms with Gasteiger partial charge in [-0.25, -0.2) is 0 Å². The summed E-state index contributed by atoms with van der Waals surface area (Å²) in [4.78, 5) is 12.1. The van der Waals surface area contributed by atoms with Crippen LogP contribution in [0.3, 0.4) is 0 Å². The summed E-state index contributed by atoms with van der Waals surface area (Å²) in [6, 6.07) is 11.0. The van der Waals surface area contributed by atoms with Crippen molar-refractivity contribution in [2.45, 2.75) is 0 Å². The zero-order valence-corrected chi connectivity index (χ0v) is 8.46. The molecule has 3 rings (SSSR count). The van der Waals surface area contributed by atoms with Crippen molar-refractivity contribution in [1.82, 2.24) is 4.57 Å². The molecule has 78 valence electrons. The first-order valence-corrected chi connectivity index (χ1v) is 5.00. The van der Waals surface area contributed by atoms with Gasteiger partial charge in [-0.05, 0) is 24.3 Å². The first kappa shape index (κ1) is 8.97. The van der Waals surface area contributed by atoms with Crippen LogP contribution >= 0.6 is 0 Å². The van der Waals surface area contributed by atoms with Crippen molar-refractivity contribution in [2.24, 2.45) is 0 Å². The smallest absolute Gasteiger partial charge is 0.216 e. The third kappa shape index (κ3) is 1.26. The predicted octanol–water partition coefficient (Wildman–Crippen LogP) is 2.58. The summed E-state index contributed by atoms with van der Waals surface area (Å²) in [6.45, 7) is 0. The van der Waals surface area contributed by atoms with Crippen molar-refractivity contribution < 1.29 is 4.42 Å². The second-order valence-corrected chi connectivity index (χ2v) is 3.54. The fraction of sp³-hybridized carbons (Fsp3) is 0. The van der Waals surface area contributed by atoms with Crippen molar-refractivity contribution in [3.63, 3.8) is 0 Å². The lowest BCUT2D eigenvalue weighted by atomic mass is 10.2. The Hall–Kier alpha value is -2.29. The summed E-state index contributed by atoms with van der Waals surface area (Å²) in [5.41, 5.74) is 1.13. The summed E-state index contributed by atoms with van der Waals surface area (Å²) in [6.07, 6.45) is 5.13. The molecule has 2 aromatic heterocycles. The van der Waals surface area contributed by atoms with E-state index in [1.54, 1.807) is 16.7 Å². The van der Waals surface area contributed by atoms with E-state index >= 15 is 0 Å². The van der Waals surface area contributed by atoms with Crippen molar-refractivity contribution in [3.8, 4) is 5.69 Å². The topological polar surface area (TPSA) is 35.1 Å². The standard InChI is InChI=1S/C13H9NO2/c15-13-10-5-1-2-6-12(10)16-9-11(13)14-7-3-4-8-14/h1-9H. The SMILES string of the molecule is O=c1c(-n2cccc2)coc2ccccc12. The van der Waals surface area contributed by atoms with Gasteiger partial charge in [0.1, 0.15) is 17.5 Å². The number of para-hydroxylation sites is 1. The van der Waals surface area contributed by atoms with E-state index in [4.69, 9.17) is 4.42 Å². The number of aromatic nitrogens is 1. The van der Waals surface area contributed by atoms with Gasteiger partial charge in [0.25, 0.3) is 0 Å². The van der Waals surface area contributed by atoms with Gasteiger partial charge in [-0.3, -0.25) is 4.79 Å². The van der Waals surface area contributed by atoms with Crippen LogP contribution in [0.2, 0.25) is 0 Å². The maximum Gasteiger partial charge on any atom is 0.216 e. The minimum absolute atomic E-state index is 0.0157. The summed E-state index contributed by atoms with van der Waals surface area (Å²) in [7, 11) is 0. The van der Waals surface area contributed by atoms with Crippen molar-refractivity contribution >= 4 is 11.0 Å². The predicted molar refractivity (Wildman–Crippen MR) is 61.8 cm³/mol. The Morgan fingerprint density at radius 2 is 1.75 bits per heavy atom. The van der Waals surface area contributed by atoms with Gasteiger partial charge in [0.15, 0.2) is 0 Å². The lowest BCUT2D eigenvalue weighted by Gasteiger charge is -2.02. The van der Waals surface area contributed by atoms with Gasteiger partial charge >= 0.3 is 0 Å². The molecule has 0 fully saturated rings. The lowest BCUT2D eigenvalue weighted by Crippen LogP contribution is -2.09. The van der Waals surface area contributed by atoms with Crippen LogP contribution in [0.4, 0.5) is 0 Å². The Morgan fingerprint density at radius 3 is 2.56 bits per heavy atom. The maximum absolute atomic E-state index is 12.1. The number of fused-ring (bicyclic) bond motifs is 1. The largest absolute Gasteiger partial charge is 0.462 e. The van der Waals surface area contributed by atoms with Gasteiger partial charge in [-0.1, -0.05) is 12.1 Å². The first-order valence-electron chi connectivity index (χ1n) is 5.00. The van der Waals surface area contributed by atoms with E-state index in [1.165, 1.54) is 6.26 Å². The van der Waals surface area contributed by atoms with Gasteiger partial charge in [-0.2, -0.15) is 0 Å². The molecule has 0 saturated heterocycles. The summed E-state index contributed by atoms with van der Waals surface area (Å²) < 4.78 is 7.17. The highest BCUT2D eigenvalue weighted by atomic mass is 16.3. The molecule has 2 heterocycles. The van der Waals surface area contributed by atoms with Crippen LogP contribution in [0.15, 0.2) is 64.3 Å². The molecule has 0 aliphatic rings. The number of hydrogen-bond acceptors (Lipinski definition) is 2. The van der Waals surface area contributed by atoms with Gasteiger partial charge in [-0.15, -0.1) is 0 Å². The molecular formula is C13H9NO2. The number of nitrogens with zero attached hydrogens (tertiary/aromatic N) is 1. The van der Waals surface area contributed by atoms with Gasteiger partial charge in [0.05, 0.1) is 5.39 Å². The van der Waals surface area contributed by atoms with Gasteiger partial charge in [0.2, 0.25) is 5.43 Å². The average Bonchev–Trinajstić information content (AvgIpc) is 2.83. The first-order chi connectivity index (χ1) is 7.86. The van der Waals surface area contributed by atoms with E-state index in [-0.39, 0.29) is 5.43 Å². The average molecular weight is 211 g/mol. The molecule has 0 bridgehead atoms. The maximum atomic E-state index is 12.1. The zero-order valence-electron chi connectivity index (χ0n) is 8.46. The molecule has 0 aliphatic heterocycles. The highest BCUT2D eigenvalue weighted by Crippen LogP contribution is 2.12. The molecule has 0 unspecified atom stereocenters. The van der Waals surface area contributed by atoms with E-state index in [1.807, 2.05) is 36.7 Å². The highest BCUT2D eigenvalue weighted by molar-refractivity contribution is 5.77. The third-order valence-electron chi connectivity index (χ3n) is 2.54. The van der Waals surface area contributed by atoms with Crippen molar-refractivity contribution in [1.29, 1.82) is 0 Å². The number of benzene rings is 1. The minimum Gasteiger partial charge on any atom is -0.462 e. The third-order valence-corrected chi connectivity index (χ3v) is 2.54. The van der Waals surface area contributed by atoms with Crippen LogP contribution in [0.1, 0.15) is 0 Å². The van der Waals surface area contributed by atoms with E-state index < -0.39 is 0 Å². The van der Waals surface area contributed by atoms with Crippen molar-refractivity contribution in [3.05, 3.63) is 65.3 Å². The van der Waals surface area contributed by atoms with Crippen LogP contribution in [-0.2, 0) is 0 Å². The molecule has 0 aliphatic carbocycles. The van der Waals surface area contributed by atoms with Gasteiger partial charge < -0.3 is 8.98 Å². The molecule has 0 radical (unpaired) electrons. The molecule has 0 saturated carbocycles. The Labute approximate surface area is 91.6 Å². The summed E-state index contributed by atoms with van der Waals surface area (Å²) in [5, 5.41) is 0.605. The lowest BCUT2D eigenvalue weighted by molar-refractivity contribution is 0.597. The Bertz CT molecular complexity index is 680. The molecule has 3 nitrogen and oxygen atoms in total. The Kier molecular flexibility index (Phi) is 1.90. The summed E-state index contributed by atoms with van der Waals surface area (Å²) >= 11 is 0. The second-order valence-electron chi connectivity index (χ2n) is 3.54. The van der Waals surface area contributed by atoms with E-state index in [0.29, 0.717) is 16.7 Å². The van der Waals surface area contributed by atoms with Crippen LogP contribution in [0.25, 0.3) is 16.7 Å². The molecule has 0 N–H and O–H groups in total. The minimum atomic E-state index is -0.0157. The normalized spacial score (nSPS) is 10.8. The molecule has 3 aromatic rings. The molecule has 0 atom stereocenters. The molecule has 0 amide bonds.